The Bertz CT molecular complexity index is 704. The van der Waals surface area contributed by atoms with Crippen molar-refractivity contribution in [2.24, 2.45) is 11.3 Å². The standard InChI is InChI=1S/C18H18/c1-11-14-9-5-7-13-8-6-10-15(16(13)14)18(4)12(2)17(11,18)3/h5-10,12H,1H2,2-4H3/t12-,17-,18-/m1/s1. The van der Waals surface area contributed by atoms with E-state index in [4.69, 9.17) is 0 Å². The van der Waals surface area contributed by atoms with Crippen LogP contribution in [0.1, 0.15) is 31.9 Å². The Labute approximate surface area is 108 Å². The molecule has 0 bridgehead atoms. The average Bonchev–Trinajstić information content (AvgIpc) is 2.85. The average molecular weight is 234 g/mol. The van der Waals surface area contributed by atoms with Gasteiger partial charge in [-0.05, 0) is 33.4 Å². The normalized spacial score (nSPS) is 36.6. The lowest BCUT2D eigenvalue weighted by Crippen LogP contribution is -2.19. The van der Waals surface area contributed by atoms with Crippen LogP contribution in [0.3, 0.4) is 0 Å². The van der Waals surface area contributed by atoms with Crippen LogP contribution in [0.2, 0.25) is 0 Å². The van der Waals surface area contributed by atoms with Crippen LogP contribution in [0.5, 0.6) is 0 Å². The molecule has 1 fully saturated rings. The van der Waals surface area contributed by atoms with E-state index in [0.717, 1.165) is 0 Å². The van der Waals surface area contributed by atoms with Gasteiger partial charge in [0.05, 0.1) is 0 Å². The highest BCUT2D eigenvalue weighted by Crippen LogP contribution is 2.77. The maximum absolute atomic E-state index is 4.43. The molecule has 0 saturated heterocycles. The van der Waals surface area contributed by atoms with E-state index in [9.17, 15) is 0 Å². The van der Waals surface area contributed by atoms with E-state index in [1.165, 1.54) is 27.5 Å². The van der Waals surface area contributed by atoms with Crippen LogP contribution in [0.15, 0.2) is 43.0 Å². The van der Waals surface area contributed by atoms with Gasteiger partial charge in [-0.3, -0.25) is 0 Å². The minimum absolute atomic E-state index is 0.246. The van der Waals surface area contributed by atoms with Gasteiger partial charge in [0.15, 0.2) is 0 Å². The minimum Gasteiger partial charge on any atom is -0.0946 e. The van der Waals surface area contributed by atoms with E-state index in [1.807, 2.05) is 0 Å². The Morgan fingerprint density at radius 1 is 1.00 bits per heavy atom. The van der Waals surface area contributed by atoms with Gasteiger partial charge in [0.25, 0.3) is 0 Å². The van der Waals surface area contributed by atoms with Gasteiger partial charge in [0, 0.05) is 10.8 Å². The molecule has 3 atom stereocenters. The van der Waals surface area contributed by atoms with Crippen LogP contribution in [0, 0.1) is 11.3 Å². The molecule has 2 aromatic rings. The summed E-state index contributed by atoms with van der Waals surface area (Å²) in [5, 5.41) is 2.79. The molecule has 1 saturated carbocycles. The van der Waals surface area contributed by atoms with Crippen molar-refractivity contribution >= 4 is 16.3 Å². The van der Waals surface area contributed by atoms with Crippen LogP contribution in [-0.4, -0.2) is 0 Å². The summed E-state index contributed by atoms with van der Waals surface area (Å²) >= 11 is 0. The summed E-state index contributed by atoms with van der Waals surface area (Å²) in [5.74, 6) is 0.676. The van der Waals surface area contributed by atoms with E-state index in [0.29, 0.717) is 5.92 Å². The van der Waals surface area contributed by atoms with Crippen molar-refractivity contribution in [2.45, 2.75) is 26.2 Å². The fourth-order valence-corrected chi connectivity index (χ4v) is 4.45. The second-order valence-electron chi connectivity index (χ2n) is 6.31. The Balaban J connectivity index is 2.22. The topological polar surface area (TPSA) is 0 Å². The van der Waals surface area contributed by atoms with Crippen molar-refractivity contribution in [3.8, 4) is 0 Å². The van der Waals surface area contributed by atoms with Gasteiger partial charge in [0.2, 0.25) is 0 Å². The molecular weight excluding hydrogens is 216 g/mol. The van der Waals surface area contributed by atoms with Crippen molar-refractivity contribution in [3.63, 3.8) is 0 Å². The second-order valence-corrected chi connectivity index (χ2v) is 6.31. The first-order valence-electron chi connectivity index (χ1n) is 6.75. The molecule has 90 valence electrons. The van der Waals surface area contributed by atoms with Gasteiger partial charge in [-0.15, -0.1) is 0 Å². The highest BCUT2D eigenvalue weighted by molar-refractivity contribution is 6.02. The third kappa shape index (κ3) is 0.791. The first-order chi connectivity index (χ1) is 8.53. The quantitative estimate of drug-likeness (QED) is 0.615. The van der Waals surface area contributed by atoms with Crippen LogP contribution in [-0.2, 0) is 5.41 Å². The highest BCUT2D eigenvalue weighted by atomic mass is 14.7. The fraction of sp³-hybridized carbons (Fsp3) is 0.333. The number of hydrogen-bond donors (Lipinski definition) is 0. The molecule has 0 amide bonds. The molecule has 0 spiro atoms. The van der Waals surface area contributed by atoms with E-state index in [-0.39, 0.29) is 10.8 Å². The summed E-state index contributed by atoms with van der Waals surface area (Å²) in [4.78, 5) is 0. The van der Waals surface area contributed by atoms with Crippen LogP contribution in [0.4, 0.5) is 0 Å². The van der Waals surface area contributed by atoms with Gasteiger partial charge in [-0.2, -0.15) is 0 Å². The van der Waals surface area contributed by atoms with E-state index in [1.54, 1.807) is 0 Å². The molecule has 0 nitrogen and oxygen atoms in total. The Morgan fingerprint density at radius 2 is 1.67 bits per heavy atom. The summed E-state index contributed by atoms with van der Waals surface area (Å²) in [6.07, 6.45) is 0. The maximum Gasteiger partial charge on any atom is 0.00624 e. The summed E-state index contributed by atoms with van der Waals surface area (Å²) in [6, 6.07) is 13.4. The third-order valence-electron chi connectivity index (χ3n) is 6.14. The second kappa shape index (κ2) is 2.71. The largest absolute Gasteiger partial charge is 0.0946 e. The van der Waals surface area contributed by atoms with E-state index >= 15 is 0 Å². The SMILES string of the molecule is C=C1c2cccc3cccc(c23)[C@@]2(C)[C@H](C)[C@@]12C. The molecule has 2 aromatic carbocycles. The molecule has 0 N–H and O–H groups in total. The molecular formula is C18H18. The molecule has 2 aliphatic carbocycles. The Kier molecular flexibility index (Phi) is 1.56. The van der Waals surface area contributed by atoms with Crippen molar-refractivity contribution in [1.29, 1.82) is 0 Å². The number of rotatable bonds is 0. The lowest BCUT2D eigenvalue weighted by atomic mass is 9.73. The number of allylic oxidation sites excluding steroid dienone is 1. The maximum atomic E-state index is 4.43. The lowest BCUT2D eigenvalue weighted by molar-refractivity contribution is 0.602. The smallest absolute Gasteiger partial charge is 0.00624 e. The summed E-state index contributed by atoms with van der Waals surface area (Å²) < 4.78 is 0. The highest BCUT2D eigenvalue weighted by Gasteiger charge is 2.72. The molecule has 0 radical (unpaired) electrons. The zero-order valence-corrected chi connectivity index (χ0v) is 11.2. The Hall–Kier alpha value is -1.56. The zero-order chi connectivity index (χ0) is 12.7. The van der Waals surface area contributed by atoms with Gasteiger partial charge in [-0.25, -0.2) is 0 Å². The Morgan fingerprint density at radius 3 is 2.39 bits per heavy atom. The molecule has 0 unspecified atom stereocenters. The number of fused-ring (bicyclic) bond motifs is 2. The monoisotopic (exact) mass is 234 g/mol. The molecule has 2 aliphatic rings. The number of hydrogen-bond acceptors (Lipinski definition) is 0. The molecule has 4 rings (SSSR count). The zero-order valence-electron chi connectivity index (χ0n) is 11.2. The predicted octanol–water partition coefficient (Wildman–Crippen LogP) is 4.78. The van der Waals surface area contributed by atoms with E-state index < -0.39 is 0 Å². The van der Waals surface area contributed by atoms with Crippen molar-refractivity contribution in [1.82, 2.24) is 0 Å². The van der Waals surface area contributed by atoms with Crippen LogP contribution in [0.25, 0.3) is 16.3 Å². The summed E-state index contributed by atoms with van der Waals surface area (Å²) in [7, 11) is 0. The van der Waals surface area contributed by atoms with Gasteiger partial charge in [-0.1, -0.05) is 63.7 Å². The van der Waals surface area contributed by atoms with Crippen molar-refractivity contribution in [2.75, 3.05) is 0 Å². The molecule has 0 aliphatic heterocycles. The van der Waals surface area contributed by atoms with Crippen molar-refractivity contribution in [3.05, 3.63) is 54.1 Å². The van der Waals surface area contributed by atoms with Gasteiger partial charge in [0.1, 0.15) is 0 Å². The molecule has 0 aromatic heterocycles. The first kappa shape index (κ1) is 10.4. The summed E-state index contributed by atoms with van der Waals surface area (Å²) in [6.45, 7) is 11.6. The van der Waals surface area contributed by atoms with Crippen LogP contribution < -0.4 is 0 Å². The van der Waals surface area contributed by atoms with Gasteiger partial charge >= 0.3 is 0 Å². The molecule has 0 heteroatoms. The van der Waals surface area contributed by atoms with Crippen molar-refractivity contribution < 1.29 is 0 Å². The lowest BCUT2D eigenvalue weighted by Gasteiger charge is -2.30. The van der Waals surface area contributed by atoms with E-state index in [2.05, 4.69) is 63.7 Å². The first-order valence-corrected chi connectivity index (χ1v) is 6.75. The molecule has 0 heterocycles. The minimum atomic E-state index is 0.246. The molecule has 18 heavy (non-hydrogen) atoms. The third-order valence-corrected chi connectivity index (χ3v) is 6.14. The fourth-order valence-electron chi connectivity index (χ4n) is 4.45. The van der Waals surface area contributed by atoms with Gasteiger partial charge < -0.3 is 0 Å². The predicted molar refractivity (Wildman–Crippen MR) is 77.6 cm³/mol. The van der Waals surface area contributed by atoms with Crippen LogP contribution >= 0.6 is 0 Å². The summed E-state index contributed by atoms with van der Waals surface area (Å²) in [5.41, 5.74) is 4.75. The number of benzene rings is 2.